The summed E-state index contributed by atoms with van der Waals surface area (Å²) in [5, 5.41) is 13.5. The average Bonchev–Trinajstić information content (AvgIpc) is 2.39. The summed E-state index contributed by atoms with van der Waals surface area (Å²) in [7, 11) is 0. The lowest BCUT2D eigenvalue weighted by Gasteiger charge is -2.18. The van der Waals surface area contributed by atoms with Crippen molar-refractivity contribution in [3.05, 3.63) is 23.5 Å². The minimum atomic E-state index is -1.02. The number of amides is 2. The normalized spacial score (nSPS) is 13.3. The number of nitrogens with one attached hydrogen (secondary N) is 2. The van der Waals surface area contributed by atoms with E-state index in [0.717, 1.165) is 11.8 Å². The molecule has 1 aromatic carbocycles. The molecule has 1 heterocycles. The zero-order valence-corrected chi connectivity index (χ0v) is 11.8. The van der Waals surface area contributed by atoms with Gasteiger partial charge < -0.3 is 15.7 Å². The van der Waals surface area contributed by atoms with E-state index < -0.39 is 17.7 Å². The fraction of sp³-hybridized carbons (Fsp3) is 0.308. The highest BCUT2D eigenvalue weighted by Crippen LogP contribution is 2.28. The maximum atomic E-state index is 13.9. The van der Waals surface area contributed by atoms with Crippen LogP contribution in [-0.2, 0) is 20.8 Å². The minimum absolute atomic E-state index is 0.0307. The Bertz CT molecular complexity index is 606. The molecule has 0 radical (unpaired) electrons. The van der Waals surface area contributed by atoms with Gasteiger partial charge in [0.2, 0.25) is 11.8 Å². The van der Waals surface area contributed by atoms with Crippen LogP contribution in [0, 0.1) is 5.82 Å². The SMILES string of the molecule is O=C(O)CSCC(=O)Nc1cc2c(cc1F)CCC(=O)N2. The highest BCUT2D eigenvalue weighted by atomic mass is 32.2. The zero-order valence-electron chi connectivity index (χ0n) is 10.9. The van der Waals surface area contributed by atoms with Crippen LogP contribution in [0.1, 0.15) is 12.0 Å². The van der Waals surface area contributed by atoms with Crippen molar-refractivity contribution in [3.63, 3.8) is 0 Å². The molecular formula is C13H13FN2O4S. The van der Waals surface area contributed by atoms with E-state index in [0.29, 0.717) is 24.1 Å². The molecule has 0 aromatic heterocycles. The van der Waals surface area contributed by atoms with Crippen LogP contribution in [0.2, 0.25) is 0 Å². The zero-order chi connectivity index (χ0) is 15.4. The molecule has 0 bridgehead atoms. The molecule has 1 aliphatic rings. The van der Waals surface area contributed by atoms with Gasteiger partial charge in [0.15, 0.2) is 0 Å². The van der Waals surface area contributed by atoms with Crippen LogP contribution in [0.5, 0.6) is 0 Å². The average molecular weight is 312 g/mol. The van der Waals surface area contributed by atoms with Crippen molar-refractivity contribution >= 4 is 40.9 Å². The lowest BCUT2D eigenvalue weighted by atomic mass is 10.0. The summed E-state index contributed by atoms with van der Waals surface area (Å²) in [6.45, 7) is 0. The summed E-state index contributed by atoms with van der Waals surface area (Å²) < 4.78 is 13.9. The van der Waals surface area contributed by atoms with Crippen LogP contribution in [0.25, 0.3) is 0 Å². The molecule has 8 heteroatoms. The van der Waals surface area contributed by atoms with Gasteiger partial charge in [0, 0.05) is 12.1 Å². The highest BCUT2D eigenvalue weighted by Gasteiger charge is 2.18. The second-order valence-electron chi connectivity index (χ2n) is 4.47. The fourth-order valence-electron chi connectivity index (χ4n) is 1.91. The monoisotopic (exact) mass is 312 g/mol. The molecule has 112 valence electrons. The van der Waals surface area contributed by atoms with E-state index >= 15 is 0 Å². The number of aliphatic carboxylic acids is 1. The molecule has 0 spiro atoms. The van der Waals surface area contributed by atoms with Gasteiger partial charge in [0.1, 0.15) is 5.82 Å². The molecule has 0 atom stereocenters. The Morgan fingerprint density at radius 1 is 1.33 bits per heavy atom. The number of carboxylic acid groups (broad SMARTS) is 1. The number of hydrogen-bond donors (Lipinski definition) is 3. The summed E-state index contributed by atoms with van der Waals surface area (Å²) >= 11 is 0.920. The number of anilines is 2. The van der Waals surface area contributed by atoms with Crippen LogP contribution < -0.4 is 10.6 Å². The summed E-state index contributed by atoms with van der Waals surface area (Å²) in [6.07, 6.45) is 0.769. The number of aryl methyl sites for hydroxylation is 1. The Hall–Kier alpha value is -2.09. The van der Waals surface area contributed by atoms with Crippen LogP contribution >= 0.6 is 11.8 Å². The molecular weight excluding hydrogens is 299 g/mol. The topological polar surface area (TPSA) is 95.5 Å². The first-order chi connectivity index (χ1) is 9.95. The van der Waals surface area contributed by atoms with Crippen LogP contribution in [0.4, 0.5) is 15.8 Å². The van der Waals surface area contributed by atoms with Crippen LogP contribution in [0.15, 0.2) is 12.1 Å². The summed E-state index contributed by atoms with van der Waals surface area (Å²) in [4.78, 5) is 33.2. The predicted molar refractivity (Wildman–Crippen MR) is 76.9 cm³/mol. The Balaban J connectivity index is 2.03. The number of carboxylic acids is 1. The van der Waals surface area contributed by atoms with Gasteiger partial charge in [-0.1, -0.05) is 0 Å². The quantitative estimate of drug-likeness (QED) is 0.765. The van der Waals surface area contributed by atoms with Crippen molar-refractivity contribution in [1.82, 2.24) is 0 Å². The minimum Gasteiger partial charge on any atom is -0.481 e. The maximum Gasteiger partial charge on any atom is 0.313 e. The van der Waals surface area contributed by atoms with E-state index in [-0.39, 0.29) is 23.1 Å². The van der Waals surface area contributed by atoms with Crippen molar-refractivity contribution in [1.29, 1.82) is 0 Å². The van der Waals surface area contributed by atoms with Crippen molar-refractivity contribution < 1.29 is 23.9 Å². The standard InChI is InChI=1S/C13H13FN2O4S/c14-8-3-7-1-2-11(17)15-9(7)4-10(8)16-12(18)5-21-6-13(19)20/h3-4H,1-2,5-6H2,(H,15,17)(H,16,18)(H,19,20). The predicted octanol–water partition coefficient (Wildman–Crippen LogP) is 1.47. The van der Waals surface area contributed by atoms with E-state index in [1.807, 2.05) is 0 Å². The number of carbonyl (C=O) groups is 3. The van der Waals surface area contributed by atoms with Crippen molar-refractivity contribution in [2.24, 2.45) is 0 Å². The van der Waals surface area contributed by atoms with Crippen molar-refractivity contribution in [3.8, 4) is 0 Å². The van der Waals surface area contributed by atoms with Crippen LogP contribution in [-0.4, -0.2) is 34.4 Å². The molecule has 1 aliphatic heterocycles. The van der Waals surface area contributed by atoms with E-state index in [9.17, 15) is 18.8 Å². The number of benzene rings is 1. The van der Waals surface area contributed by atoms with Crippen molar-refractivity contribution in [2.45, 2.75) is 12.8 Å². The third kappa shape index (κ3) is 4.19. The third-order valence-corrected chi connectivity index (χ3v) is 3.74. The molecule has 0 aliphatic carbocycles. The Morgan fingerprint density at radius 3 is 2.81 bits per heavy atom. The number of thioether (sulfide) groups is 1. The lowest BCUT2D eigenvalue weighted by Crippen LogP contribution is -2.21. The van der Waals surface area contributed by atoms with E-state index in [2.05, 4.69) is 10.6 Å². The maximum absolute atomic E-state index is 13.9. The van der Waals surface area contributed by atoms with Gasteiger partial charge in [0.05, 0.1) is 17.2 Å². The Morgan fingerprint density at radius 2 is 2.10 bits per heavy atom. The number of carbonyl (C=O) groups excluding carboxylic acids is 2. The lowest BCUT2D eigenvalue weighted by molar-refractivity contribution is -0.133. The number of hydrogen-bond acceptors (Lipinski definition) is 4. The molecule has 0 unspecified atom stereocenters. The smallest absolute Gasteiger partial charge is 0.313 e. The first-order valence-corrected chi connectivity index (χ1v) is 7.33. The van der Waals surface area contributed by atoms with Crippen molar-refractivity contribution in [2.75, 3.05) is 22.1 Å². The molecule has 1 aromatic rings. The second-order valence-corrected chi connectivity index (χ2v) is 5.46. The second kappa shape index (κ2) is 6.57. The van der Waals surface area contributed by atoms with E-state index in [4.69, 9.17) is 5.11 Å². The molecule has 0 saturated carbocycles. The number of halogens is 1. The first-order valence-electron chi connectivity index (χ1n) is 6.17. The molecule has 2 rings (SSSR count). The molecule has 0 fully saturated rings. The molecule has 3 N–H and O–H groups in total. The summed E-state index contributed by atoms with van der Waals surface area (Å²) in [6, 6.07) is 2.66. The van der Waals surface area contributed by atoms with Crippen LogP contribution in [0.3, 0.4) is 0 Å². The Labute approximate surface area is 124 Å². The molecule has 2 amide bonds. The highest BCUT2D eigenvalue weighted by molar-refractivity contribution is 8.00. The summed E-state index contributed by atoms with van der Waals surface area (Å²) in [5.74, 6) is -2.53. The van der Waals surface area contributed by atoms with Gasteiger partial charge in [-0.3, -0.25) is 14.4 Å². The number of fused-ring (bicyclic) bond motifs is 1. The van der Waals surface area contributed by atoms with Gasteiger partial charge in [-0.15, -0.1) is 11.8 Å². The largest absolute Gasteiger partial charge is 0.481 e. The summed E-state index contributed by atoms with van der Waals surface area (Å²) in [5.41, 5.74) is 1.14. The number of rotatable bonds is 5. The Kier molecular flexibility index (Phi) is 4.79. The fourth-order valence-corrected chi connectivity index (χ4v) is 2.45. The first kappa shape index (κ1) is 15.3. The molecule has 21 heavy (non-hydrogen) atoms. The van der Waals surface area contributed by atoms with Gasteiger partial charge in [-0.25, -0.2) is 4.39 Å². The van der Waals surface area contributed by atoms with Gasteiger partial charge >= 0.3 is 5.97 Å². The van der Waals surface area contributed by atoms with E-state index in [1.54, 1.807) is 0 Å². The third-order valence-electron chi connectivity index (χ3n) is 2.82. The van der Waals surface area contributed by atoms with E-state index in [1.165, 1.54) is 12.1 Å². The van der Waals surface area contributed by atoms with Gasteiger partial charge in [-0.05, 0) is 24.1 Å². The van der Waals surface area contributed by atoms with Gasteiger partial charge in [-0.2, -0.15) is 0 Å². The van der Waals surface area contributed by atoms with Gasteiger partial charge in [0.25, 0.3) is 0 Å². The molecule has 6 nitrogen and oxygen atoms in total. The molecule has 0 saturated heterocycles.